The van der Waals surface area contributed by atoms with Crippen molar-refractivity contribution in [2.75, 3.05) is 0 Å². The van der Waals surface area contributed by atoms with E-state index in [1.54, 1.807) is 42.5 Å². The highest BCUT2D eigenvalue weighted by atomic mass is 19.4. The Morgan fingerprint density at radius 1 is 0.359 bits per heavy atom. The SMILES string of the molecule is N#Cc1ccc(-c2ccc3c(c2)c2ccccc2n3-c2ccc(C#N)cc2-c2ccc(C(F)(F)F)cc2-n2c3ccccc3c3cc(-c4ccc(C#N)cc4C#N)ccc32)c(C#N)c1. The van der Waals surface area contributed by atoms with Crippen LogP contribution >= 0.6 is 0 Å². The number of fused-ring (bicyclic) bond motifs is 6. The maximum absolute atomic E-state index is 14.8. The second-order valence-corrected chi connectivity index (χ2v) is 15.2. The monoisotopic (exact) mass is 829 g/mol. The van der Waals surface area contributed by atoms with Crippen LogP contribution in [0.1, 0.15) is 33.4 Å². The molecule has 0 radical (unpaired) electrons. The number of benzene rings is 8. The van der Waals surface area contributed by atoms with Gasteiger partial charge in [0, 0.05) is 32.7 Å². The zero-order valence-electron chi connectivity index (χ0n) is 33.3. The highest BCUT2D eigenvalue weighted by Crippen LogP contribution is 2.44. The third-order valence-corrected chi connectivity index (χ3v) is 11.7. The summed E-state index contributed by atoms with van der Waals surface area (Å²) in [5.74, 6) is 0. The molecule has 0 spiro atoms. The Bertz CT molecular complexity index is 3850. The van der Waals surface area contributed by atoms with Gasteiger partial charge in [-0.05, 0) is 113 Å². The molecule has 0 aliphatic rings. The molecular weight excluding hydrogens is 804 g/mol. The van der Waals surface area contributed by atoms with E-state index in [0.717, 1.165) is 50.3 Å². The van der Waals surface area contributed by atoms with E-state index in [4.69, 9.17) is 0 Å². The number of rotatable bonds is 5. The molecule has 298 valence electrons. The lowest BCUT2D eigenvalue weighted by Crippen LogP contribution is -2.08. The number of hydrogen-bond acceptors (Lipinski definition) is 5. The van der Waals surface area contributed by atoms with Gasteiger partial charge in [0.2, 0.25) is 0 Å². The van der Waals surface area contributed by atoms with Crippen molar-refractivity contribution in [1.29, 1.82) is 26.3 Å². The number of alkyl halides is 3. The van der Waals surface area contributed by atoms with E-state index in [9.17, 15) is 39.5 Å². The second kappa shape index (κ2) is 14.9. The molecular formula is C54H26F3N7. The molecule has 2 heterocycles. The van der Waals surface area contributed by atoms with Crippen molar-refractivity contribution in [2.45, 2.75) is 6.18 Å². The first-order valence-electron chi connectivity index (χ1n) is 19.9. The molecule has 2 aromatic heterocycles. The van der Waals surface area contributed by atoms with E-state index >= 15 is 0 Å². The predicted octanol–water partition coefficient (Wildman–Crippen LogP) is 13.3. The van der Waals surface area contributed by atoms with Gasteiger partial charge in [-0.3, -0.25) is 0 Å². The van der Waals surface area contributed by atoms with Gasteiger partial charge in [0.05, 0.1) is 97.2 Å². The van der Waals surface area contributed by atoms with Gasteiger partial charge in [-0.15, -0.1) is 0 Å². The third kappa shape index (κ3) is 6.17. The van der Waals surface area contributed by atoms with Gasteiger partial charge in [-0.2, -0.15) is 39.5 Å². The van der Waals surface area contributed by atoms with Crippen LogP contribution in [0.3, 0.4) is 0 Å². The van der Waals surface area contributed by atoms with Crippen LogP contribution in [0.15, 0.2) is 158 Å². The number of nitriles is 5. The van der Waals surface area contributed by atoms with Crippen LogP contribution in [0.2, 0.25) is 0 Å². The van der Waals surface area contributed by atoms with E-state index in [1.165, 1.54) is 12.1 Å². The minimum Gasteiger partial charge on any atom is -0.309 e. The smallest absolute Gasteiger partial charge is 0.309 e. The fraction of sp³-hybridized carbons (Fsp3) is 0.0185. The van der Waals surface area contributed by atoms with Crippen LogP contribution < -0.4 is 0 Å². The maximum atomic E-state index is 14.8. The van der Waals surface area contributed by atoms with Crippen molar-refractivity contribution in [1.82, 2.24) is 9.13 Å². The van der Waals surface area contributed by atoms with Crippen molar-refractivity contribution < 1.29 is 13.2 Å². The normalized spacial score (nSPS) is 11.3. The van der Waals surface area contributed by atoms with E-state index in [1.807, 2.05) is 100 Å². The van der Waals surface area contributed by atoms with Crippen LogP contribution in [-0.4, -0.2) is 9.13 Å². The number of nitrogens with zero attached hydrogens (tertiary/aromatic N) is 7. The number of aromatic nitrogens is 2. The summed E-state index contributed by atoms with van der Waals surface area (Å²) in [4.78, 5) is 0. The fourth-order valence-corrected chi connectivity index (χ4v) is 8.85. The first-order chi connectivity index (χ1) is 31.1. The first kappa shape index (κ1) is 38.8. The summed E-state index contributed by atoms with van der Waals surface area (Å²) in [5.41, 5.74) is 8.18. The number of hydrogen-bond donors (Lipinski definition) is 0. The van der Waals surface area contributed by atoms with Gasteiger partial charge in [-0.1, -0.05) is 66.7 Å². The molecule has 0 amide bonds. The Morgan fingerprint density at radius 3 is 1.31 bits per heavy atom. The Labute approximate surface area is 363 Å². The van der Waals surface area contributed by atoms with Gasteiger partial charge in [-0.25, -0.2) is 0 Å². The first-order valence-corrected chi connectivity index (χ1v) is 19.9. The molecule has 0 bridgehead atoms. The van der Waals surface area contributed by atoms with Crippen LogP contribution in [-0.2, 0) is 6.18 Å². The molecule has 0 atom stereocenters. The van der Waals surface area contributed by atoms with Gasteiger partial charge in [0.15, 0.2) is 0 Å². The quantitative estimate of drug-likeness (QED) is 0.171. The molecule has 0 saturated heterocycles. The molecule has 0 unspecified atom stereocenters. The van der Waals surface area contributed by atoms with Crippen molar-refractivity contribution in [3.05, 3.63) is 191 Å². The summed E-state index contributed by atoms with van der Waals surface area (Å²) in [6.45, 7) is 0. The van der Waals surface area contributed by atoms with Gasteiger partial charge in [0.1, 0.15) is 0 Å². The average Bonchev–Trinajstić information content (AvgIpc) is 3.84. The highest BCUT2D eigenvalue weighted by molar-refractivity contribution is 6.13. The molecule has 0 N–H and O–H groups in total. The van der Waals surface area contributed by atoms with Gasteiger partial charge >= 0.3 is 6.18 Å². The lowest BCUT2D eigenvalue weighted by atomic mass is 9.96. The predicted molar refractivity (Wildman–Crippen MR) is 240 cm³/mol. The van der Waals surface area contributed by atoms with Crippen LogP contribution in [0.25, 0.3) is 88.4 Å². The van der Waals surface area contributed by atoms with E-state index in [0.29, 0.717) is 72.4 Å². The van der Waals surface area contributed by atoms with E-state index in [2.05, 4.69) is 30.3 Å². The number of para-hydroxylation sites is 2. The molecule has 10 rings (SSSR count). The van der Waals surface area contributed by atoms with Crippen LogP contribution in [0.4, 0.5) is 13.2 Å². The summed E-state index contributed by atoms with van der Waals surface area (Å²) in [6.07, 6.45) is -4.69. The Kier molecular flexibility index (Phi) is 9.06. The fourth-order valence-electron chi connectivity index (χ4n) is 8.85. The molecule has 7 nitrogen and oxygen atoms in total. The molecule has 64 heavy (non-hydrogen) atoms. The van der Waals surface area contributed by atoms with E-state index in [-0.39, 0.29) is 5.69 Å². The summed E-state index contributed by atoms with van der Waals surface area (Å²) < 4.78 is 48.3. The van der Waals surface area contributed by atoms with Crippen LogP contribution in [0, 0.1) is 56.7 Å². The van der Waals surface area contributed by atoms with Crippen molar-refractivity contribution in [3.8, 4) is 75.1 Å². The summed E-state index contributed by atoms with van der Waals surface area (Å²) in [5, 5.41) is 52.5. The molecule has 0 fully saturated rings. The summed E-state index contributed by atoms with van der Waals surface area (Å²) >= 11 is 0. The zero-order valence-corrected chi connectivity index (χ0v) is 33.3. The zero-order chi connectivity index (χ0) is 44.3. The lowest BCUT2D eigenvalue weighted by Gasteiger charge is -2.20. The topological polar surface area (TPSA) is 129 Å². The van der Waals surface area contributed by atoms with E-state index < -0.39 is 11.7 Å². The summed E-state index contributed by atoms with van der Waals surface area (Å²) in [6, 6.07) is 56.2. The van der Waals surface area contributed by atoms with Crippen molar-refractivity contribution in [3.63, 3.8) is 0 Å². The molecule has 10 aromatic rings. The molecule has 0 saturated carbocycles. The minimum atomic E-state index is -4.69. The van der Waals surface area contributed by atoms with Crippen LogP contribution in [0.5, 0.6) is 0 Å². The molecule has 8 aromatic carbocycles. The molecule has 0 aliphatic carbocycles. The maximum Gasteiger partial charge on any atom is 0.416 e. The summed E-state index contributed by atoms with van der Waals surface area (Å²) in [7, 11) is 0. The highest BCUT2D eigenvalue weighted by Gasteiger charge is 2.32. The van der Waals surface area contributed by atoms with Crippen molar-refractivity contribution in [2.24, 2.45) is 0 Å². The standard InChI is InChI=1S/C54H26F3N7/c55-54(56,57)39-14-17-44(53(26-39)64-49-8-4-2-6-43(49)47-25-36(13-20-52(47)64)41-16-10-33(28-59)22-38(41)31-62)45-23-34(29-60)11-18-50(45)63-48-7-3-1-5-42(48)46-24-35(12-19-51(46)63)40-15-9-32(27-58)21-37(40)30-61/h1-26H. The largest absolute Gasteiger partial charge is 0.416 e. The second-order valence-electron chi connectivity index (χ2n) is 15.2. The Morgan fingerprint density at radius 2 is 0.812 bits per heavy atom. The Hall–Kier alpha value is -9.40. The minimum absolute atomic E-state index is 0.231. The molecule has 0 aliphatic heterocycles. The van der Waals surface area contributed by atoms with Gasteiger partial charge < -0.3 is 9.13 Å². The van der Waals surface area contributed by atoms with Crippen molar-refractivity contribution >= 4 is 43.6 Å². The average molecular weight is 830 g/mol. The lowest BCUT2D eigenvalue weighted by molar-refractivity contribution is -0.137. The van der Waals surface area contributed by atoms with Gasteiger partial charge in [0.25, 0.3) is 0 Å². The Balaban J connectivity index is 1.25. The third-order valence-electron chi connectivity index (χ3n) is 11.7. The number of halogens is 3. The molecule has 10 heteroatoms.